The van der Waals surface area contributed by atoms with Crippen LogP contribution in [0, 0.1) is 6.92 Å². The van der Waals surface area contributed by atoms with Crippen molar-refractivity contribution in [2.75, 3.05) is 13.1 Å². The van der Waals surface area contributed by atoms with E-state index >= 15 is 0 Å². The van der Waals surface area contributed by atoms with E-state index in [1.165, 1.54) is 4.80 Å². The number of aryl methyl sites for hydroxylation is 1. The van der Waals surface area contributed by atoms with Crippen molar-refractivity contribution in [2.24, 2.45) is 0 Å². The van der Waals surface area contributed by atoms with E-state index in [9.17, 15) is 4.79 Å². The molecule has 100 valence electrons. The van der Waals surface area contributed by atoms with Crippen LogP contribution in [0.15, 0.2) is 16.5 Å². The first kappa shape index (κ1) is 11.9. The Morgan fingerprint density at radius 2 is 2.16 bits per heavy atom. The fourth-order valence-electron chi connectivity index (χ4n) is 2.15. The number of aromatic nitrogens is 4. The molecule has 1 aliphatic heterocycles. The predicted octanol–water partition coefficient (Wildman–Crippen LogP) is 0.864. The van der Waals surface area contributed by atoms with E-state index in [2.05, 4.69) is 15.4 Å². The Morgan fingerprint density at radius 1 is 1.37 bits per heavy atom. The molecule has 3 heterocycles. The predicted molar refractivity (Wildman–Crippen MR) is 66.1 cm³/mol. The van der Waals surface area contributed by atoms with Crippen LogP contribution in [-0.2, 0) is 11.3 Å². The van der Waals surface area contributed by atoms with Gasteiger partial charge < -0.3 is 9.32 Å². The van der Waals surface area contributed by atoms with Crippen molar-refractivity contribution in [3.8, 4) is 11.6 Å². The highest BCUT2D eigenvalue weighted by Gasteiger charge is 2.19. The first-order valence-electron chi connectivity index (χ1n) is 6.35. The van der Waals surface area contributed by atoms with Gasteiger partial charge in [-0.25, -0.2) is 0 Å². The molecule has 2 aromatic rings. The number of furan rings is 1. The number of nitrogens with zero attached hydrogens (tertiary/aromatic N) is 5. The zero-order valence-electron chi connectivity index (χ0n) is 10.7. The summed E-state index contributed by atoms with van der Waals surface area (Å²) in [7, 11) is 0. The van der Waals surface area contributed by atoms with Crippen LogP contribution >= 0.6 is 0 Å². The van der Waals surface area contributed by atoms with Crippen LogP contribution in [0.2, 0.25) is 0 Å². The third kappa shape index (κ3) is 2.49. The van der Waals surface area contributed by atoms with Gasteiger partial charge in [0.15, 0.2) is 5.76 Å². The first-order chi connectivity index (χ1) is 9.22. The molecule has 0 spiro atoms. The lowest BCUT2D eigenvalue weighted by molar-refractivity contribution is -0.131. The number of carbonyl (C=O) groups excluding carboxylic acids is 1. The maximum Gasteiger partial charge on any atom is 0.246 e. The second-order valence-electron chi connectivity index (χ2n) is 4.64. The maximum absolute atomic E-state index is 11.9. The molecular formula is C12H15N5O2. The quantitative estimate of drug-likeness (QED) is 0.819. The Balaban J connectivity index is 1.69. The summed E-state index contributed by atoms with van der Waals surface area (Å²) < 4.78 is 5.41. The molecular weight excluding hydrogens is 246 g/mol. The van der Waals surface area contributed by atoms with Gasteiger partial charge in [0.05, 0.1) is 0 Å². The van der Waals surface area contributed by atoms with E-state index < -0.39 is 0 Å². The van der Waals surface area contributed by atoms with Gasteiger partial charge in [-0.05, 0) is 37.1 Å². The van der Waals surface area contributed by atoms with Crippen LogP contribution in [0.1, 0.15) is 18.6 Å². The van der Waals surface area contributed by atoms with Crippen LogP contribution < -0.4 is 0 Å². The molecule has 1 amide bonds. The average molecular weight is 261 g/mol. The monoisotopic (exact) mass is 261 g/mol. The Labute approximate surface area is 110 Å². The highest BCUT2D eigenvalue weighted by molar-refractivity contribution is 5.76. The van der Waals surface area contributed by atoms with Crippen molar-refractivity contribution >= 4 is 5.91 Å². The van der Waals surface area contributed by atoms with Crippen molar-refractivity contribution in [1.82, 2.24) is 25.1 Å². The molecule has 19 heavy (non-hydrogen) atoms. The van der Waals surface area contributed by atoms with Gasteiger partial charge in [-0.1, -0.05) is 0 Å². The normalized spacial score (nSPS) is 15.1. The Morgan fingerprint density at radius 3 is 2.84 bits per heavy atom. The zero-order chi connectivity index (χ0) is 13.2. The molecule has 1 fully saturated rings. The van der Waals surface area contributed by atoms with Gasteiger partial charge in [-0.2, -0.15) is 4.80 Å². The topological polar surface area (TPSA) is 77.1 Å². The number of hydrogen-bond donors (Lipinski definition) is 0. The molecule has 0 bridgehead atoms. The van der Waals surface area contributed by atoms with E-state index in [4.69, 9.17) is 4.42 Å². The lowest BCUT2D eigenvalue weighted by Gasteiger charge is -2.13. The third-order valence-corrected chi connectivity index (χ3v) is 3.15. The van der Waals surface area contributed by atoms with E-state index in [0.717, 1.165) is 31.7 Å². The van der Waals surface area contributed by atoms with Crippen LogP contribution in [0.5, 0.6) is 0 Å². The Kier molecular flexibility index (Phi) is 3.02. The van der Waals surface area contributed by atoms with Gasteiger partial charge in [0.1, 0.15) is 12.3 Å². The molecule has 0 atom stereocenters. The summed E-state index contributed by atoms with van der Waals surface area (Å²) in [5.41, 5.74) is 0. The van der Waals surface area contributed by atoms with Crippen molar-refractivity contribution in [3.05, 3.63) is 17.9 Å². The standard InChI is InChI=1S/C12H15N5O2/c1-9-4-5-10(19-9)12-13-15-17(14-12)8-11(18)16-6-2-3-7-16/h4-5H,2-3,6-8H2,1H3. The van der Waals surface area contributed by atoms with E-state index in [1.54, 1.807) is 6.07 Å². The number of hydrogen-bond acceptors (Lipinski definition) is 5. The van der Waals surface area contributed by atoms with Gasteiger partial charge in [0.2, 0.25) is 11.7 Å². The summed E-state index contributed by atoms with van der Waals surface area (Å²) >= 11 is 0. The van der Waals surface area contributed by atoms with Crippen molar-refractivity contribution in [2.45, 2.75) is 26.3 Å². The zero-order valence-corrected chi connectivity index (χ0v) is 10.7. The van der Waals surface area contributed by atoms with E-state index in [-0.39, 0.29) is 12.5 Å². The van der Waals surface area contributed by atoms with Crippen molar-refractivity contribution < 1.29 is 9.21 Å². The van der Waals surface area contributed by atoms with Crippen LogP contribution in [0.25, 0.3) is 11.6 Å². The minimum absolute atomic E-state index is 0.0390. The van der Waals surface area contributed by atoms with E-state index in [0.29, 0.717) is 11.6 Å². The van der Waals surface area contributed by atoms with Gasteiger partial charge in [-0.3, -0.25) is 4.79 Å². The van der Waals surface area contributed by atoms with E-state index in [1.807, 2.05) is 17.9 Å². The molecule has 2 aromatic heterocycles. The number of carbonyl (C=O) groups is 1. The summed E-state index contributed by atoms with van der Waals surface area (Å²) in [6.07, 6.45) is 2.15. The van der Waals surface area contributed by atoms with Crippen LogP contribution in [0.3, 0.4) is 0 Å². The van der Waals surface area contributed by atoms with Gasteiger partial charge >= 0.3 is 0 Å². The lowest BCUT2D eigenvalue weighted by atomic mass is 10.4. The third-order valence-electron chi connectivity index (χ3n) is 3.15. The summed E-state index contributed by atoms with van der Waals surface area (Å²) in [5, 5.41) is 11.9. The van der Waals surface area contributed by atoms with Gasteiger partial charge in [-0.15, -0.1) is 10.2 Å². The molecule has 1 saturated heterocycles. The molecule has 0 aromatic carbocycles. The Bertz CT molecular complexity index is 582. The summed E-state index contributed by atoms with van der Waals surface area (Å²) in [6, 6.07) is 3.63. The highest BCUT2D eigenvalue weighted by atomic mass is 16.3. The van der Waals surface area contributed by atoms with Gasteiger partial charge in [0.25, 0.3) is 0 Å². The molecule has 3 rings (SSSR count). The van der Waals surface area contributed by atoms with Crippen molar-refractivity contribution in [1.29, 1.82) is 0 Å². The lowest BCUT2D eigenvalue weighted by Crippen LogP contribution is -2.31. The Hall–Kier alpha value is -2.18. The molecule has 0 N–H and O–H groups in total. The average Bonchev–Trinajstić information content (AvgIpc) is 3.07. The van der Waals surface area contributed by atoms with Crippen LogP contribution in [0.4, 0.5) is 0 Å². The summed E-state index contributed by atoms with van der Waals surface area (Å²) in [5.74, 6) is 1.80. The number of tetrazole rings is 1. The second-order valence-corrected chi connectivity index (χ2v) is 4.64. The minimum Gasteiger partial charge on any atom is -0.458 e. The molecule has 1 aliphatic rings. The molecule has 7 nitrogen and oxygen atoms in total. The van der Waals surface area contributed by atoms with Crippen molar-refractivity contribution in [3.63, 3.8) is 0 Å². The SMILES string of the molecule is Cc1ccc(-c2nnn(CC(=O)N3CCCC3)n2)o1. The molecule has 7 heteroatoms. The summed E-state index contributed by atoms with van der Waals surface area (Å²) in [4.78, 5) is 15.1. The highest BCUT2D eigenvalue weighted by Crippen LogP contribution is 2.16. The van der Waals surface area contributed by atoms with Crippen LogP contribution in [-0.4, -0.2) is 44.1 Å². The first-order valence-corrected chi connectivity index (χ1v) is 6.35. The minimum atomic E-state index is 0.0390. The summed E-state index contributed by atoms with van der Waals surface area (Å²) in [6.45, 7) is 3.65. The smallest absolute Gasteiger partial charge is 0.246 e. The second kappa shape index (κ2) is 4.83. The fourth-order valence-corrected chi connectivity index (χ4v) is 2.15. The largest absolute Gasteiger partial charge is 0.458 e. The van der Waals surface area contributed by atoms with Gasteiger partial charge in [0, 0.05) is 13.1 Å². The molecule has 0 saturated carbocycles. The maximum atomic E-state index is 11.9. The number of likely N-dealkylation sites (tertiary alicyclic amines) is 1. The fraction of sp³-hybridized carbons (Fsp3) is 0.500. The molecule has 0 radical (unpaired) electrons. The molecule has 0 unspecified atom stereocenters. The molecule has 0 aliphatic carbocycles. The number of amides is 1. The number of rotatable bonds is 3.